The van der Waals surface area contributed by atoms with Crippen molar-refractivity contribution in [1.29, 1.82) is 0 Å². The first kappa shape index (κ1) is 15.4. The lowest BCUT2D eigenvalue weighted by Gasteiger charge is -2.36. The quantitative estimate of drug-likeness (QED) is 0.894. The lowest BCUT2D eigenvalue weighted by atomic mass is 10.2. The zero-order valence-electron chi connectivity index (χ0n) is 13.0. The van der Waals surface area contributed by atoms with Gasteiger partial charge in [-0.2, -0.15) is 4.98 Å². The Hall–Kier alpha value is -1.51. The van der Waals surface area contributed by atoms with Crippen molar-refractivity contribution in [2.75, 3.05) is 31.9 Å². The summed E-state index contributed by atoms with van der Waals surface area (Å²) in [6.45, 7) is 9.14. The van der Waals surface area contributed by atoms with E-state index in [1.807, 2.05) is 13.1 Å². The second-order valence-corrected chi connectivity index (χ2v) is 6.70. The molecular formula is C14H22N6OS. The van der Waals surface area contributed by atoms with Crippen LogP contribution in [0.5, 0.6) is 0 Å². The average molecular weight is 322 g/mol. The number of rotatable bonds is 5. The molecule has 120 valence electrons. The van der Waals surface area contributed by atoms with E-state index in [0.717, 1.165) is 50.9 Å². The lowest BCUT2D eigenvalue weighted by molar-refractivity contribution is 0.0850. The molecule has 0 saturated carbocycles. The number of nitrogens with zero attached hydrogens (tertiary/aromatic N) is 5. The van der Waals surface area contributed by atoms with Gasteiger partial charge in [-0.05, 0) is 6.92 Å². The minimum Gasteiger partial charge on any atom is -0.375 e. The van der Waals surface area contributed by atoms with Gasteiger partial charge in [-0.25, -0.2) is 4.98 Å². The molecule has 0 radical (unpaired) electrons. The van der Waals surface area contributed by atoms with Crippen molar-refractivity contribution in [3.8, 4) is 0 Å². The molecule has 0 spiro atoms. The Kier molecular flexibility index (Phi) is 4.70. The van der Waals surface area contributed by atoms with E-state index in [0.29, 0.717) is 5.13 Å². The first-order chi connectivity index (χ1) is 10.7. The highest BCUT2D eigenvalue weighted by Gasteiger charge is 2.25. The van der Waals surface area contributed by atoms with Crippen LogP contribution in [0.15, 0.2) is 10.7 Å². The number of hydrogen-bond acceptors (Lipinski definition) is 8. The Morgan fingerprint density at radius 3 is 2.73 bits per heavy atom. The fourth-order valence-electron chi connectivity index (χ4n) is 2.66. The van der Waals surface area contributed by atoms with Crippen LogP contribution in [0.25, 0.3) is 0 Å². The highest BCUT2D eigenvalue weighted by Crippen LogP contribution is 2.22. The summed E-state index contributed by atoms with van der Waals surface area (Å²) in [5.74, 6) is 1.50. The third kappa shape index (κ3) is 3.45. The molecule has 1 unspecified atom stereocenters. The van der Waals surface area contributed by atoms with Gasteiger partial charge in [-0.15, -0.1) is 11.3 Å². The molecule has 0 amide bonds. The first-order valence-electron chi connectivity index (χ1n) is 7.64. The SMILES string of the molecule is CCc1noc(C(C)N2CCN(Cc3cnc(N)s3)CC2)n1. The van der Waals surface area contributed by atoms with E-state index in [1.54, 1.807) is 11.3 Å². The number of aromatic nitrogens is 3. The normalized spacial score (nSPS) is 18.6. The molecule has 2 aromatic heterocycles. The number of thiazole rings is 1. The van der Waals surface area contributed by atoms with Crippen LogP contribution >= 0.6 is 11.3 Å². The minimum absolute atomic E-state index is 0.175. The fourth-order valence-corrected chi connectivity index (χ4v) is 3.39. The maximum Gasteiger partial charge on any atom is 0.243 e. The van der Waals surface area contributed by atoms with Crippen LogP contribution < -0.4 is 5.73 Å². The van der Waals surface area contributed by atoms with Crippen LogP contribution in [0.3, 0.4) is 0 Å². The Bertz CT molecular complexity index is 604. The predicted octanol–water partition coefficient (Wildman–Crippen LogP) is 1.55. The van der Waals surface area contributed by atoms with Gasteiger partial charge in [0.2, 0.25) is 5.89 Å². The molecule has 7 nitrogen and oxygen atoms in total. The van der Waals surface area contributed by atoms with Gasteiger partial charge in [0, 0.05) is 50.2 Å². The van der Waals surface area contributed by atoms with Gasteiger partial charge >= 0.3 is 0 Å². The monoisotopic (exact) mass is 322 g/mol. The minimum atomic E-state index is 0.175. The molecule has 0 bridgehead atoms. The van der Waals surface area contributed by atoms with E-state index < -0.39 is 0 Å². The van der Waals surface area contributed by atoms with Crippen LogP contribution in [0.1, 0.15) is 36.5 Å². The predicted molar refractivity (Wildman–Crippen MR) is 85.5 cm³/mol. The maximum atomic E-state index is 5.68. The van der Waals surface area contributed by atoms with Gasteiger partial charge in [0.1, 0.15) is 0 Å². The molecule has 3 heterocycles. The maximum absolute atomic E-state index is 5.68. The van der Waals surface area contributed by atoms with E-state index in [-0.39, 0.29) is 6.04 Å². The molecule has 22 heavy (non-hydrogen) atoms. The van der Waals surface area contributed by atoms with Crippen molar-refractivity contribution in [3.63, 3.8) is 0 Å². The first-order valence-corrected chi connectivity index (χ1v) is 8.46. The van der Waals surface area contributed by atoms with Crippen molar-refractivity contribution in [1.82, 2.24) is 24.9 Å². The van der Waals surface area contributed by atoms with Crippen LogP contribution in [0, 0.1) is 0 Å². The summed E-state index contributed by atoms with van der Waals surface area (Å²) in [5, 5.41) is 4.63. The van der Waals surface area contributed by atoms with Crippen LogP contribution in [-0.2, 0) is 13.0 Å². The second-order valence-electron chi connectivity index (χ2n) is 5.56. The fraction of sp³-hybridized carbons (Fsp3) is 0.643. The molecule has 3 rings (SSSR count). The van der Waals surface area contributed by atoms with E-state index in [2.05, 4.69) is 31.8 Å². The summed E-state index contributed by atoms with van der Waals surface area (Å²) < 4.78 is 5.36. The molecule has 8 heteroatoms. The number of aryl methyl sites for hydroxylation is 1. The second kappa shape index (κ2) is 6.72. The Balaban J connectivity index is 1.52. The lowest BCUT2D eigenvalue weighted by Crippen LogP contribution is -2.46. The number of nitrogen functional groups attached to an aromatic ring is 1. The average Bonchev–Trinajstić information content (AvgIpc) is 3.16. The molecule has 1 saturated heterocycles. The third-order valence-corrected chi connectivity index (χ3v) is 4.87. The molecule has 2 N–H and O–H groups in total. The van der Waals surface area contributed by atoms with Crippen molar-refractivity contribution >= 4 is 16.5 Å². The molecule has 0 aromatic carbocycles. The highest BCUT2D eigenvalue weighted by atomic mass is 32.1. The summed E-state index contributed by atoms with van der Waals surface area (Å²) in [6.07, 6.45) is 2.68. The molecule has 1 aliphatic heterocycles. The zero-order valence-corrected chi connectivity index (χ0v) is 13.8. The van der Waals surface area contributed by atoms with Crippen molar-refractivity contribution < 1.29 is 4.52 Å². The van der Waals surface area contributed by atoms with Gasteiger partial charge in [0.25, 0.3) is 0 Å². The van der Waals surface area contributed by atoms with Crippen molar-refractivity contribution in [3.05, 3.63) is 22.8 Å². The van der Waals surface area contributed by atoms with Crippen molar-refractivity contribution in [2.45, 2.75) is 32.9 Å². The standard InChI is InChI=1S/C14H22N6OS/c1-3-12-17-13(21-18-12)10(2)20-6-4-19(5-7-20)9-11-8-16-14(15)22-11/h8,10H,3-7,9H2,1-2H3,(H2,15,16). The van der Waals surface area contributed by atoms with Gasteiger partial charge in [0.15, 0.2) is 11.0 Å². The highest BCUT2D eigenvalue weighted by molar-refractivity contribution is 7.15. The third-order valence-electron chi connectivity index (χ3n) is 4.06. The Morgan fingerprint density at radius 2 is 2.14 bits per heavy atom. The van der Waals surface area contributed by atoms with E-state index in [9.17, 15) is 0 Å². The largest absolute Gasteiger partial charge is 0.375 e. The summed E-state index contributed by atoms with van der Waals surface area (Å²) >= 11 is 1.57. The molecule has 1 aliphatic rings. The van der Waals surface area contributed by atoms with Crippen LogP contribution in [0.4, 0.5) is 5.13 Å². The number of anilines is 1. The topological polar surface area (TPSA) is 84.3 Å². The van der Waals surface area contributed by atoms with Gasteiger partial charge in [-0.1, -0.05) is 12.1 Å². The van der Waals surface area contributed by atoms with Crippen molar-refractivity contribution in [2.24, 2.45) is 0 Å². The number of hydrogen-bond donors (Lipinski definition) is 1. The summed E-state index contributed by atoms with van der Waals surface area (Å²) in [6, 6.07) is 0.175. The van der Waals surface area contributed by atoms with Crippen LogP contribution in [0.2, 0.25) is 0 Å². The molecule has 1 fully saturated rings. The molecule has 0 aliphatic carbocycles. The molecular weight excluding hydrogens is 300 g/mol. The summed E-state index contributed by atoms with van der Waals surface area (Å²) in [5.41, 5.74) is 5.68. The van der Waals surface area contributed by atoms with Crippen LogP contribution in [-0.4, -0.2) is 51.1 Å². The molecule has 1 atom stereocenters. The molecule has 2 aromatic rings. The Labute approximate surface area is 134 Å². The summed E-state index contributed by atoms with van der Waals surface area (Å²) in [7, 11) is 0. The van der Waals surface area contributed by atoms with E-state index in [1.165, 1.54) is 4.88 Å². The van der Waals surface area contributed by atoms with Gasteiger partial charge in [-0.3, -0.25) is 9.80 Å². The van der Waals surface area contributed by atoms with Gasteiger partial charge < -0.3 is 10.3 Å². The smallest absolute Gasteiger partial charge is 0.243 e. The Morgan fingerprint density at radius 1 is 1.36 bits per heavy atom. The van der Waals surface area contributed by atoms with E-state index in [4.69, 9.17) is 10.3 Å². The number of piperazine rings is 1. The van der Waals surface area contributed by atoms with E-state index >= 15 is 0 Å². The number of nitrogens with two attached hydrogens (primary N) is 1. The zero-order chi connectivity index (χ0) is 15.5. The van der Waals surface area contributed by atoms with Gasteiger partial charge in [0.05, 0.1) is 6.04 Å². The summed E-state index contributed by atoms with van der Waals surface area (Å²) in [4.78, 5) is 14.6.